The smallest absolute Gasteiger partial charge is 0.185 e. The van der Waals surface area contributed by atoms with E-state index < -0.39 is 0 Å². The highest BCUT2D eigenvalue weighted by Gasteiger charge is 2.29. The van der Waals surface area contributed by atoms with Crippen molar-refractivity contribution in [1.29, 1.82) is 5.26 Å². The van der Waals surface area contributed by atoms with Crippen LogP contribution in [0.2, 0.25) is 0 Å². The molecule has 2 rings (SSSR count). The minimum atomic E-state index is -0.0847. The van der Waals surface area contributed by atoms with Gasteiger partial charge in [-0.05, 0) is 0 Å². The standard InChI is InChI=1S/C10H11N3O/c11-3-7-4-13-5-8(7)9-6-12-2-1-10(9)14/h1-2,6-8,13H,4-5H2,(H,12,14). The molecular weight excluding hydrogens is 178 g/mol. The fraction of sp³-hybridized carbons (Fsp3) is 0.400. The average molecular weight is 189 g/mol. The molecule has 0 spiro atoms. The van der Waals surface area contributed by atoms with Gasteiger partial charge in [0, 0.05) is 43.0 Å². The van der Waals surface area contributed by atoms with Gasteiger partial charge in [0.05, 0.1) is 12.0 Å². The normalized spacial score (nSPS) is 25.9. The number of rotatable bonds is 1. The highest BCUT2D eigenvalue weighted by Crippen LogP contribution is 2.24. The van der Waals surface area contributed by atoms with Crippen LogP contribution in [0.25, 0.3) is 0 Å². The van der Waals surface area contributed by atoms with Crippen LogP contribution in [0, 0.1) is 17.2 Å². The van der Waals surface area contributed by atoms with Crippen LogP contribution < -0.4 is 10.7 Å². The average Bonchev–Trinajstić information content (AvgIpc) is 2.66. The Hall–Kier alpha value is -1.60. The van der Waals surface area contributed by atoms with E-state index in [0.717, 1.165) is 0 Å². The first-order chi connectivity index (χ1) is 6.83. The summed E-state index contributed by atoms with van der Waals surface area (Å²) in [5.41, 5.74) is 0.724. The van der Waals surface area contributed by atoms with Crippen molar-refractivity contribution in [3.05, 3.63) is 34.2 Å². The minimum absolute atomic E-state index is 0.0118. The van der Waals surface area contributed by atoms with Crippen molar-refractivity contribution >= 4 is 0 Å². The number of nitrogens with one attached hydrogen (secondary N) is 2. The van der Waals surface area contributed by atoms with E-state index in [0.29, 0.717) is 18.7 Å². The van der Waals surface area contributed by atoms with Crippen molar-refractivity contribution in [3.8, 4) is 6.07 Å². The van der Waals surface area contributed by atoms with Crippen molar-refractivity contribution in [1.82, 2.24) is 10.3 Å². The SMILES string of the molecule is N#CC1CNCC1c1c[nH]ccc1=O. The quantitative estimate of drug-likeness (QED) is 0.663. The van der Waals surface area contributed by atoms with Gasteiger partial charge in [0.1, 0.15) is 0 Å². The third kappa shape index (κ3) is 1.42. The molecule has 1 fully saturated rings. The van der Waals surface area contributed by atoms with Gasteiger partial charge < -0.3 is 10.3 Å². The summed E-state index contributed by atoms with van der Waals surface area (Å²) >= 11 is 0. The van der Waals surface area contributed by atoms with E-state index >= 15 is 0 Å². The van der Waals surface area contributed by atoms with Gasteiger partial charge in [-0.15, -0.1) is 0 Å². The molecule has 1 aromatic heterocycles. The third-order valence-corrected chi connectivity index (χ3v) is 2.63. The number of pyridine rings is 1. The molecule has 4 heteroatoms. The molecule has 1 saturated heterocycles. The molecule has 4 nitrogen and oxygen atoms in total. The lowest BCUT2D eigenvalue weighted by Gasteiger charge is -2.10. The van der Waals surface area contributed by atoms with Crippen molar-refractivity contribution in [2.75, 3.05) is 13.1 Å². The summed E-state index contributed by atoms with van der Waals surface area (Å²) in [6, 6.07) is 3.73. The number of H-pyrrole nitrogens is 1. The van der Waals surface area contributed by atoms with Crippen LogP contribution >= 0.6 is 0 Å². The Bertz CT molecular complexity index is 418. The second-order valence-corrected chi connectivity index (χ2v) is 3.46. The predicted octanol–water partition coefficient (Wildman–Crippen LogP) is 0.201. The molecule has 1 aliphatic heterocycles. The van der Waals surface area contributed by atoms with Gasteiger partial charge in [-0.3, -0.25) is 4.79 Å². The van der Waals surface area contributed by atoms with E-state index in [9.17, 15) is 4.79 Å². The molecule has 0 saturated carbocycles. The van der Waals surface area contributed by atoms with Gasteiger partial charge in [0.25, 0.3) is 0 Å². The zero-order chi connectivity index (χ0) is 9.97. The Kier molecular flexibility index (Phi) is 2.33. The van der Waals surface area contributed by atoms with Crippen LogP contribution in [0.5, 0.6) is 0 Å². The van der Waals surface area contributed by atoms with Crippen LogP contribution in [0.3, 0.4) is 0 Å². The summed E-state index contributed by atoms with van der Waals surface area (Å²) in [5.74, 6) is -0.0524. The molecule has 2 atom stereocenters. The van der Waals surface area contributed by atoms with Crippen molar-refractivity contribution < 1.29 is 0 Å². The molecule has 0 aromatic carbocycles. The van der Waals surface area contributed by atoms with E-state index in [1.165, 1.54) is 6.07 Å². The fourth-order valence-electron chi connectivity index (χ4n) is 1.86. The van der Waals surface area contributed by atoms with Crippen molar-refractivity contribution in [2.24, 2.45) is 5.92 Å². The van der Waals surface area contributed by atoms with Gasteiger partial charge in [0.2, 0.25) is 0 Å². The molecular formula is C10H11N3O. The summed E-state index contributed by atoms with van der Waals surface area (Å²) in [6.45, 7) is 1.39. The first-order valence-electron chi connectivity index (χ1n) is 4.60. The number of aromatic amines is 1. The van der Waals surface area contributed by atoms with Gasteiger partial charge in [0.15, 0.2) is 5.43 Å². The molecule has 2 heterocycles. The summed E-state index contributed by atoms with van der Waals surface area (Å²) in [6.07, 6.45) is 3.31. The third-order valence-electron chi connectivity index (χ3n) is 2.63. The lowest BCUT2D eigenvalue weighted by atomic mass is 9.91. The van der Waals surface area contributed by atoms with E-state index in [-0.39, 0.29) is 17.3 Å². The molecule has 0 bridgehead atoms. The Morgan fingerprint density at radius 1 is 1.50 bits per heavy atom. The largest absolute Gasteiger partial charge is 0.367 e. The maximum Gasteiger partial charge on any atom is 0.185 e. The highest BCUT2D eigenvalue weighted by atomic mass is 16.1. The molecule has 1 aliphatic rings. The van der Waals surface area contributed by atoms with E-state index in [1.54, 1.807) is 12.4 Å². The van der Waals surface area contributed by atoms with Gasteiger partial charge in [-0.25, -0.2) is 0 Å². The van der Waals surface area contributed by atoms with E-state index in [4.69, 9.17) is 5.26 Å². The summed E-state index contributed by atoms with van der Waals surface area (Å²) in [5, 5.41) is 12.0. The minimum Gasteiger partial charge on any atom is -0.367 e. The van der Waals surface area contributed by atoms with Crippen LogP contribution in [0.15, 0.2) is 23.3 Å². The fourth-order valence-corrected chi connectivity index (χ4v) is 1.86. The maximum absolute atomic E-state index is 11.5. The van der Waals surface area contributed by atoms with E-state index in [2.05, 4.69) is 16.4 Å². The summed E-state index contributed by atoms with van der Waals surface area (Å²) in [7, 11) is 0. The molecule has 2 N–H and O–H groups in total. The number of hydrogen-bond acceptors (Lipinski definition) is 3. The van der Waals surface area contributed by atoms with Crippen molar-refractivity contribution in [3.63, 3.8) is 0 Å². The Morgan fingerprint density at radius 3 is 3.07 bits per heavy atom. The van der Waals surface area contributed by atoms with Crippen molar-refractivity contribution in [2.45, 2.75) is 5.92 Å². The maximum atomic E-state index is 11.5. The molecule has 1 aromatic rings. The first kappa shape index (κ1) is 8.97. The molecule has 14 heavy (non-hydrogen) atoms. The Balaban J connectivity index is 2.36. The topological polar surface area (TPSA) is 68.7 Å². The zero-order valence-electron chi connectivity index (χ0n) is 7.66. The first-order valence-corrected chi connectivity index (χ1v) is 4.60. The lowest BCUT2D eigenvalue weighted by molar-refractivity contribution is 0.640. The highest BCUT2D eigenvalue weighted by molar-refractivity contribution is 5.21. The second-order valence-electron chi connectivity index (χ2n) is 3.46. The van der Waals surface area contributed by atoms with Gasteiger partial charge in [-0.2, -0.15) is 5.26 Å². The van der Waals surface area contributed by atoms with Gasteiger partial charge in [-0.1, -0.05) is 0 Å². The van der Waals surface area contributed by atoms with E-state index in [1.807, 2.05) is 0 Å². The second kappa shape index (κ2) is 3.64. The summed E-state index contributed by atoms with van der Waals surface area (Å²) < 4.78 is 0. The Morgan fingerprint density at radius 2 is 2.36 bits per heavy atom. The molecule has 0 amide bonds. The zero-order valence-corrected chi connectivity index (χ0v) is 7.66. The summed E-state index contributed by atoms with van der Waals surface area (Å²) in [4.78, 5) is 14.4. The number of nitriles is 1. The number of nitrogens with zero attached hydrogens (tertiary/aromatic N) is 1. The monoisotopic (exact) mass is 189 g/mol. The van der Waals surface area contributed by atoms with Crippen LogP contribution in [0.4, 0.5) is 0 Å². The van der Waals surface area contributed by atoms with Crippen LogP contribution in [0.1, 0.15) is 11.5 Å². The predicted molar refractivity (Wildman–Crippen MR) is 51.8 cm³/mol. The molecule has 0 aliphatic carbocycles. The Labute approximate surface area is 81.6 Å². The molecule has 2 unspecified atom stereocenters. The molecule has 0 radical (unpaired) electrons. The lowest BCUT2D eigenvalue weighted by Crippen LogP contribution is -2.18. The molecule has 72 valence electrons. The number of aromatic nitrogens is 1. The van der Waals surface area contributed by atoms with Crippen LogP contribution in [-0.2, 0) is 0 Å². The number of hydrogen-bond donors (Lipinski definition) is 2. The van der Waals surface area contributed by atoms with Crippen LogP contribution in [-0.4, -0.2) is 18.1 Å². The van der Waals surface area contributed by atoms with Gasteiger partial charge >= 0.3 is 0 Å².